The molecule has 27 heavy (non-hydrogen) atoms. The highest BCUT2D eigenvalue weighted by molar-refractivity contribution is 6.03. The largest absolute Gasteiger partial charge is 0.497 e. The lowest BCUT2D eigenvalue weighted by Gasteiger charge is -2.14. The van der Waals surface area contributed by atoms with E-state index in [-0.39, 0.29) is 18.2 Å². The van der Waals surface area contributed by atoms with Crippen molar-refractivity contribution in [3.63, 3.8) is 0 Å². The molecule has 2 aromatic carbocycles. The fourth-order valence-corrected chi connectivity index (χ4v) is 3.22. The Bertz CT molecular complexity index is 1040. The topological polar surface area (TPSA) is 94.5 Å². The normalized spacial score (nSPS) is 15.3. The number of nitrogens with one attached hydrogen (secondary N) is 2. The number of fused-ring (bicyclic) bond motifs is 3. The lowest BCUT2D eigenvalue weighted by atomic mass is 10.1. The van der Waals surface area contributed by atoms with Gasteiger partial charge in [0.15, 0.2) is 0 Å². The van der Waals surface area contributed by atoms with Crippen molar-refractivity contribution in [3.8, 4) is 11.5 Å². The molecular formula is C19H18N4O4. The van der Waals surface area contributed by atoms with E-state index in [0.29, 0.717) is 23.1 Å². The van der Waals surface area contributed by atoms with E-state index >= 15 is 0 Å². The van der Waals surface area contributed by atoms with Crippen LogP contribution in [0.5, 0.6) is 11.5 Å². The lowest BCUT2D eigenvalue weighted by molar-refractivity contribution is -0.123. The number of carbonyl (C=O) groups excluding carboxylic acids is 2. The van der Waals surface area contributed by atoms with Gasteiger partial charge in [-0.1, -0.05) is 12.1 Å². The monoisotopic (exact) mass is 366 g/mol. The lowest BCUT2D eigenvalue weighted by Crippen LogP contribution is -2.23. The molecule has 8 nitrogen and oxygen atoms in total. The molecule has 2 heterocycles. The fourth-order valence-electron chi connectivity index (χ4n) is 3.22. The molecule has 1 aliphatic heterocycles. The van der Waals surface area contributed by atoms with Gasteiger partial charge in [0.1, 0.15) is 17.5 Å². The molecule has 1 atom stereocenters. The Morgan fingerprint density at radius 2 is 2.04 bits per heavy atom. The third kappa shape index (κ3) is 2.95. The SMILES string of the molecule is COc1ccc(NC(=O)C[C@H]2C(=O)Nc3nc4ccccc4n32)c(OC)c1. The number of anilines is 2. The standard InChI is InChI=1S/C19H18N4O4/c1-26-11-7-8-13(16(9-11)27-2)20-17(24)10-15-18(25)22-19-21-12-5-3-4-6-14(12)23(15)19/h3-9,15H,10H2,1-2H3,(H,20,24)(H,21,22,25)/t15-/m0/s1. The number of imidazole rings is 1. The number of para-hydroxylation sites is 2. The zero-order chi connectivity index (χ0) is 19.0. The van der Waals surface area contributed by atoms with Crippen molar-refractivity contribution < 1.29 is 19.1 Å². The second kappa shape index (κ2) is 6.64. The third-order valence-corrected chi connectivity index (χ3v) is 4.51. The quantitative estimate of drug-likeness (QED) is 0.724. The van der Waals surface area contributed by atoms with Crippen LogP contribution in [0.4, 0.5) is 11.6 Å². The molecule has 3 aromatic rings. The fraction of sp³-hybridized carbons (Fsp3) is 0.211. The summed E-state index contributed by atoms with van der Waals surface area (Å²) in [7, 11) is 3.07. The molecule has 0 unspecified atom stereocenters. The zero-order valence-electron chi connectivity index (χ0n) is 14.9. The summed E-state index contributed by atoms with van der Waals surface area (Å²) in [6.45, 7) is 0. The summed E-state index contributed by atoms with van der Waals surface area (Å²) in [5, 5.41) is 5.53. The molecule has 0 fully saturated rings. The average molecular weight is 366 g/mol. The Hall–Kier alpha value is -3.55. The van der Waals surface area contributed by atoms with Crippen LogP contribution in [0.25, 0.3) is 11.0 Å². The summed E-state index contributed by atoms with van der Waals surface area (Å²) in [6.07, 6.45) is -0.0195. The molecule has 2 amide bonds. The van der Waals surface area contributed by atoms with E-state index in [9.17, 15) is 9.59 Å². The van der Waals surface area contributed by atoms with Gasteiger partial charge in [-0.2, -0.15) is 0 Å². The van der Waals surface area contributed by atoms with E-state index in [0.717, 1.165) is 11.0 Å². The van der Waals surface area contributed by atoms with E-state index in [1.54, 1.807) is 29.9 Å². The minimum Gasteiger partial charge on any atom is -0.497 e. The molecule has 0 aliphatic carbocycles. The van der Waals surface area contributed by atoms with Crippen LogP contribution in [0.15, 0.2) is 42.5 Å². The molecule has 0 radical (unpaired) electrons. The van der Waals surface area contributed by atoms with Gasteiger partial charge in [-0.3, -0.25) is 19.5 Å². The smallest absolute Gasteiger partial charge is 0.250 e. The van der Waals surface area contributed by atoms with Gasteiger partial charge in [-0.15, -0.1) is 0 Å². The number of amides is 2. The molecule has 0 saturated carbocycles. The van der Waals surface area contributed by atoms with Crippen LogP contribution in [-0.2, 0) is 9.59 Å². The van der Waals surface area contributed by atoms with Gasteiger partial charge < -0.3 is 14.8 Å². The van der Waals surface area contributed by atoms with Crippen molar-refractivity contribution in [2.45, 2.75) is 12.5 Å². The number of rotatable bonds is 5. The molecule has 0 saturated heterocycles. The maximum atomic E-state index is 12.6. The van der Waals surface area contributed by atoms with E-state index in [1.807, 2.05) is 24.3 Å². The van der Waals surface area contributed by atoms with Gasteiger partial charge in [-0.05, 0) is 24.3 Å². The molecule has 2 N–H and O–H groups in total. The predicted octanol–water partition coefficient (Wildman–Crippen LogP) is 2.58. The molecule has 4 rings (SSSR count). The van der Waals surface area contributed by atoms with E-state index < -0.39 is 6.04 Å². The van der Waals surface area contributed by atoms with Crippen molar-refractivity contribution in [2.24, 2.45) is 0 Å². The van der Waals surface area contributed by atoms with Gasteiger partial charge in [0.2, 0.25) is 17.8 Å². The van der Waals surface area contributed by atoms with Crippen molar-refractivity contribution in [1.29, 1.82) is 0 Å². The molecule has 0 bridgehead atoms. The molecular weight excluding hydrogens is 348 g/mol. The molecule has 8 heteroatoms. The number of methoxy groups -OCH3 is 2. The first-order valence-corrected chi connectivity index (χ1v) is 8.40. The van der Waals surface area contributed by atoms with Crippen LogP contribution in [0.2, 0.25) is 0 Å². The Balaban J connectivity index is 1.57. The maximum Gasteiger partial charge on any atom is 0.250 e. The summed E-state index contributed by atoms with van der Waals surface area (Å²) in [6, 6.07) is 11.9. The maximum absolute atomic E-state index is 12.6. The van der Waals surface area contributed by atoms with Crippen molar-refractivity contribution in [1.82, 2.24) is 9.55 Å². The van der Waals surface area contributed by atoms with Crippen molar-refractivity contribution >= 4 is 34.5 Å². The Kier molecular flexibility index (Phi) is 4.15. The van der Waals surface area contributed by atoms with Gasteiger partial charge >= 0.3 is 0 Å². The van der Waals surface area contributed by atoms with Crippen LogP contribution >= 0.6 is 0 Å². The summed E-state index contributed by atoms with van der Waals surface area (Å²) in [4.78, 5) is 29.3. The molecule has 138 valence electrons. The summed E-state index contributed by atoms with van der Waals surface area (Å²) >= 11 is 0. The Morgan fingerprint density at radius 1 is 1.22 bits per heavy atom. The van der Waals surface area contributed by atoms with Gasteiger partial charge in [-0.25, -0.2) is 4.98 Å². The van der Waals surface area contributed by atoms with Crippen molar-refractivity contribution in [2.75, 3.05) is 24.9 Å². The molecule has 1 aliphatic rings. The minimum atomic E-state index is -0.656. The number of benzene rings is 2. The van der Waals surface area contributed by atoms with Crippen molar-refractivity contribution in [3.05, 3.63) is 42.5 Å². The summed E-state index contributed by atoms with van der Waals surface area (Å²) < 4.78 is 12.2. The van der Waals surface area contributed by atoms with Crippen LogP contribution in [0.3, 0.4) is 0 Å². The van der Waals surface area contributed by atoms with Crippen LogP contribution in [0, 0.1) is 0 Å². The first kappa shape index (κ1) is 16.9. The van der Waals surface area contributed by atoms with E-state index in [4.69, 9.17) is 9.47 Å². The summed E-state index contributed by atoms with van der Waals surface area (Å²) in [5.41, 5.74) is 2.10. The molecule has 1 aromatic heterocycles. The number of hydrogen-bond donors (Lipinski definition) is 2. The van der Waals surface area contributed by atoms with Gasteiger partial charge in [0, 0.05) is 6.07 Å². The van der Waals surface area contributed by atoms with Crippen LogP contribution < -0.4 is 20.1 Å². The van der Waals surface area contributed by atoms with E-state index in [1.165, 1.54) is 7.11 Å². The highest BCUT2D eigenvalue weighted by Gasteiger charge is 2.34. The van der Waals surface area contributed by atoms with Crippen LogP contribution in [-0.4, -0.2) is 35.6 Å². The Morgan fingerprint density at radius 3 is 2.81 bits per heavy atom. The van der Waals surface area contributed by atoms with E-state index in [2.05, 4.69) is 15.6 Å². The second-order valence-electron chi connectivity index (χ2n) is 6.12. The van der Waals surface area contributed by atoms with Crippen LogP contribution in [0.1, 0.15) is 12.5 Å². The number of aromatic nitrogens is 2. The number of carbonyl (C=O) groups is 2. The average Bonchev–Trinajstić information content (AvgIpc) is 3.17. The molecule has 0 spiro atoms. The first-order chi connectivity index (χ1) is 13.1. The zero-order valence-corrected chi connectivity index (χ0v) is 14.9. The second-order valence-corrected chi connectivity index (χ2v) is 6.12. The number of nitrogens with zero attached hydrogens (tertiary/aromatic N) is 2. The van der Waals surface area contributed by atoms with Gasteiger partial charge in [0.25, 0.3) is 0 Å². The van der Waals surface area contributed by atoms with Gasteiger partial charge in [0.05, 0.1) is 37.4 Å². The minimum absolute atomic E-state index is 0.0195. The highest BCUT2D eigenvalue weighted by atomic mass is 16.5. The predicted molar refractivity (Wildman–Crippen MR) is 100 cm³/mol. The number of hydrogen-bond acceptors (Lipinski definition) is 5. The Labute approximate surface area is 155 Å². The third-order valence-electron chi connectivity index (χ3n) is 4.51. The summed E-state index contributed by atoms with van der Waals surface area (Å²) in [5.74, 6) is 1.01. The first-order valence-electron chi connectivity index (χ1n) is 8.40. The number of ether oxygens (including phenoxy) is 2. The highest BCUT2D eigenvalue weighted by Crippen LogP contribution is 2.33.